The number of aliphatic carboxylic acids is 1. The van der Waals surface area contributed by atoms with E-state index in [9.17, 15) is 9.90 Å². The van der Waals surface area contributed by atoms with Crippen molar-refractivity contribution >= 4 is 5.97 Å². The molecule has 0 aliphatic heterocycles. The van der Waals surface area contributed by atoms with E-state index in [2.05, 4.69) is 6.58 Å². The fraction of sp³-hybridized carbons (Fsp3) is 0.727. The topological polar surface area (TPSA) is 37.3 Å². The molecule has 2 nitrogen and oxygen atoms in total. The molecule has 0 heterocycles. The summed E-state index contributed by atoms with van der Waals surface area (Å²) in [6.45, 7) is 3.65. The number of allylic oxidation sites excluding steroid dienone is 1. The summed E-state index contributed by atoms with van der Waals surface area (Å²) in [5.41, 5.74) is -0.387. The van der Waals surface area contributed by atoms with Gasteiger partial charge in [0.25, 0.3) is 0 Å². The van der Waals surface area contributed by atoms with Gasteiger partial charge in [-0.15, -0.1) is 6.58 Å². The lowest BCUT2D eigenvalue weighted by molar-refractivity contribution is -0.149. The first-order valence-corrected chi connectivity index (χ1v) is 5.02. The highest BCUT2D eigenvalue weighted by molar-refractivity contribution is 5.75. The average molecular weight is 180 g/mol. The van der Waals surface area contributed by atoms with E-state index in [4.69, 9.17) is 0 Å². The SMILES string of the molecule is C=CCCC1(C(=O)O)CC2CC2C1. The lowest BCUT2D eigenvalue weighted by Gasteiger charge is -2.25. The Morgan fingerprint density at radius 3 is 2.62 bits per heavy atom. The van der Waals surface area contributed by atoms with Gasteiger partial charge in [0, 0.05) is 0 Å². The van der Waals surface area contributed by atoms with Gasteiger partial charge in [-0.1, -0.05) is 6.08 Å². The Labute approximate surface area is 78.6 Å². The van der Waals surface area contributed by atoms with Crippen molar-refractivity contribution < 1.29 is 9.90 Å². The molecule has 13 heavy (non-hydrogen) atoms. The zero-order valence-electron chi connectivity index (χ0n) is 7.83. The Kier molecular flexibility index (Phi) is 1.94. The summed E-state index contributed by atoms with van der Waals surface area (Å²) in [5, 5.41) is 9.19. The van der Waals surface area contributed by atoms with Crippen molar-refractivity contribution in [3.63, 3.8) is 0 Å². The van der Waals surface area contributed by atoms with Crippen molar-refractivity contribution in [2.45, 2.75) is 32.1 Å². The first-order chi connectivity index (χ1) is 6.18. The van der Waals surface area contributed by atoms with E-state index in [-0.39, 0.29) is 5.41 Å². The first-order valence-electron chi connectivity index (χ1n) is 5.02. The van der Waals surface area contributed by atoms with Gasteiger partial charge in [-0.2, -0.15) is 0 Å². The standard InChI is InChI=1S/C11H16O2/c1-2-3-4-11(10(12)13)6-8-5-9(8)7-11/h2,8-9H,1,3-7H2,(H,12,13). The molecule has 0 aromatic heterocycles. The highest BCUT2D eigenvalue weighted by atomic mass is 16.4. The monoisotopic (exact) mass is 180 g/mol. The van der Waals surface area contributed by atoms with Crippen molar-refractivity contribution in [2.75, 3.05) is 0 Å². The van der Waals surface area contributed by atoms with Gasteiger partial charge in [-0.25, -0.2) is 0 Å². The maximum atomic E-state index is 11.2. The molecule has 2 rings (SSSR count). The molecule has 0 spiro atoms. The Bertz CT molecular complexity index is 234. The van der Waals surface area contributed by atoms with Gasteiger partial charge >= 0.3 is 5.97 Å². The van der Waals surface area contributed by atoms with Crippen LogP contribution < -0.4 is 0 Å². The average Bonchev–Trinajstić information content (AvgIpc) is 2.71. The van der Waals surface area contributed by atoms with Gasteiger partial charge in [0.05, 0.1) is 5.41 Å². The van der Waals surface area contributed by atoms with Crippen molar-refractivity contribution in [1.82, 2.24) is 0 Å². The smallest absolute Gasteiger partial charge is 0.309 e. The molecule has 2 aliphatic rings. The molecule has 0 radical (unpaired) electrons. The Hall–Kier alpha value is -0.790. The van der Waals surface area contributed by atoms with Gasteiger partial charge in [-0.3, -0.25) is 4.79 Å². The Morgan fingerprint density at radius 2 is 2.15 bits per heavy atom. The zero-order valence-corrected chi connectivity index (χ0v) is 7.83. The molecular formula is C11H16O2. The molecule has 2 fully saturated rings. The predicted molar refractivity (Wildman–Crippen MR) is 50.3 cm³/mol. The second-order valence-electron chi connectivity index (χ2n) is 4.58. The van der Waals surface area contributed by atoms with Crippen LogP contribution in [-0.4, -0.2) is 11.1 Å². The number of carbonyl (C=O) groups is 1. The number of rotatable bonds is 4. The van der Waals surface area contributed by atoms with E-state index >= 15 is 0 Å². The van der Waals surface area contributed by atoms with E-state index in [1.807, 2.05) is 6.08 Å². The van der Waals surface area contributed by atoms with Crippen LogP contribution in [0.3, 0.4) is 0 Å². The summed E-state index contributed by atoms with van der Waals surface area (Å²) >= 11 is 0. The summed E-state index contributed by atoms with van der Waals surface area (Å²) in [5.74, 6) is 0.892. The molecule has 2 heteroatoms. The van der Waals surface area contributed by atoms with Crippen LogP contribution in [0.15, 0.2) is 12.7 Å². The maximum absolute atomic E-state index is 11.2. The molecule has 0 aromatic rings. The summed E-state index contributed by atoms with van der Waals surface area (Å²) in [4.78, 5) is 11.2. The minimum Gasteiger partial charge on any atom is -0.481 e. The molecular weight excluding hydrogens is 164 g/mol. The van der Waals surface area contributed by atoms with Crippen molar-refractivity contribution in [3.05, 3.63) is 12.7 Å². The lowest BCUT2D eigenvalue weighted by Crippen LogP contribution is -2.29. The third kappa shape index (κ3) is 1.38. The largest absolute Gasteiger partial charge is 0.481 e. The summed E-state index contributed by atoms with van der Waals surface area (Å²) in [7, 11) is 0. The molecule has 0 bridgehead atoms. The quantitative estimate of drug-likeness (QED) is 0.675. The molecule has 2 unspecified atom stereocenters. The summed E-state index contributed by atoms with van der Waals surface area (Å²) in [6.07, 6.45) is 6.57. The van der Waals surface area contributed by atoms with E-state index in [1.165, 1.54) is 6.42 Å². The van der Waals surface area contributed by atoms with E-state index < -0.39 is 5.97 Å². The predicted octanol–water partition coefficient (Wildman–Crippen LogP) is 2.45. The van der Waals surface area contributed by atoms with E-state index in [0.717, 1.165) is 37.5 Å². The minimum absolute atomic E-state index is 0.387. The maximum Gasteiger partial charge on any atom is 0.309 e. The first kappa shape index (κ1) is 8.79. The molecule has 1 N–H and O–H groups in total. The molecule has 2 atom stereocenters. The van der Waals surface area contributed by atoms with Crippen LogP contribution in [0.25, 0.3) is 0 Å². The van der Waals surface area contributed by atoms with Gasteiger partial charge in [-0.05, 0) is 43.9 Å². The normalized spacial score (nSPS) is 41.2. The summed E-state index contributed by atoms with van der Waals surface area (Å²) < 4.78 is 0. The van der Waals surface area contributed by atoms with Crippen molar-refractivity contribution in [2.24, 2.45) is 17.3 Å². The lowest BCUT2D eigenvalue weighted by atomic mass is 9.79. The highest BCUT2D eigenvalue weighted by Crippen LogP contribution is 2.61. The van der Waals surface area contributed by atoms with Crippen LogP contribution in [0.4, 0.5) is 0 Å². The van der Waals surface area contributed by atoms with Crippen LogP contribution >= 0.6 is 0 Å². The Morgan fingerprint density at radius 1 is 1.54 bits per heavy atom. The van der Waals surface area contributed by atoms with Crippen molar-refractivity contribution in [3.8, 4) is 0 Å². The second-order valence-corrected chi connectivity index (χ2v) is 4.58. The third-order valence-corrected chi connectivity index (χ3v) is 3.66. The van der Waals surface area contributed by atoms with Crippen molar-refractivity contribution in [1.29, 1.82) is 0 Å². The van der Waals surface area contributed by atoms with Crippen LogP contribution in [0.1, 0.15) is 32.1 Å². The van der Waals surface area contributed by atoms with E-state index in [0.29, 0.717) is 0 Å². The molecule has 0 amide bonds. The van der Waals surface area contributed by atoms with Crippen LogP contribution in [0.5, 0.6) is 0 Å². The highest BCUT2D eigenvalue weighted by Gasteiger charge is 2.56. The molecule has 0 saturated heterocycles. The van der Waals surface area contributed by atoms with E-state index in [1.54, 1.807) is 0 Å². The number of carboxylic acid groups (broad SMARTS) is 1. The number of fused-ring (bicyclic) bond motifs is 1. The van der Waals surface area contributed by atoms with Gasteiger partial charge < -0.3 is 5.11 Å². The minimum atomic E-state index is -0.582. The van der Waals surface area contributed by atoms with Crippen LogP contribution in [0.2, 0.25) is 0 Å². The van der Waals surface area contributed by atoms with Gasteiger partial charge in [0.1, 0.15) is 0 Å². The fourth-order valence-corrected chi connectivity index (χ4v) is 2.76. The van der Waals surface area contributed by atoms with Crippen LogP contribution in [0, 0.1) is 17.3 Å². The fourth-order valence-electron chi connectivity index (χ4n) is 2.76. The van der Waals surface area contributed by atoms with Gasteiger partial charge in [0.2, 0.25) is 0 Å². The molecule has 72 valence electrons. The number of hydrogen-bond acceptors (Lipinski definition) is 1. The van der Waals surface area contributed by atoms with Crippen LogP contribution in [-0.2, 0) is 4.79 Å². The molecule has 0 aromatic carbocycles. The molecule has 2 aliphatic carbocycles. The molecule has 2 saturated carbocycles. The summed E-state index contributed by atoms with van der Waals surface area (Å²) in [6, 6.07) is 0. The number of carboxylic acids is 1. The third-order valence-electron chi connectivity index (χ3n) is 3.66. The van der Waals surface area contributed by atoms with Gasteiger partial charge in [0.15, 0.2) is 0 Å². The second kappa shape index (κ2) is 2.86. The number of hydrogen-bond donors (Lipinski definition) is 1. The zero-order chi connectivity index (χ0) is 9.47. The Balaban J connectivity index is 2.03.